The first-order valence-corrected chi connectivity index (χ1v) is 9.63. The molecule has 0 aliphatic carbocycles. The Balaban J connectivity index is 2.04. The van der Waals surface area contributed by atoms with E-state index in [1.54, 1.807) is 38.1 Å². The van der Waals surface area contributed by atoms with Crippen molar-refractivity contribution in [3.8, 4) is 0 Å². The highest BCUT2D eigenvalue weighted by Crippen LogP contribution is 2.41. The predicted octanol–water partition coefficient (Wildman–Crippen LogP) is 3.75. The smallest absolute Gasteiger partial charge is 0.269 e. The van der Waals surface area contributed by atoms with E-state index in [9.17, 15) is 18.5 Å². The third-order valence-electron chi connectivity index (χ3n) is 4.27. The minimum atomic E-state index is -3.94. The molecule has 138 valence electrons. The van der Waals surface area contributed by atoms with Crippen molar-refractivity contribution in [2.24, 2.45) is 0 Å². The molecule has 7 nitrogen and oxygen atoms in total. The summed E-state index contributed by atoms with van der Waals surface area (Å²) in [5.74, 6) is 0. The summed E-state index contributed by atoms with van der Waals surface area (Å²) in [7, 11) is -3.94. The number of nitro benzene ring substituents is 1. The quantitative estimate of drug-likeness (QED) is 0.580. The molecule has 0 spiro atoms. The van der Waals surface area contributed by atoms with Crippen LogP contribution in [0.25, 0.3) is 0 Å². The van der Waals surface area contributed by atoms with Crippen LogP contribution in [0.3, 0.4) is 0 Å². The van der Waals surface area contributed by atoms with Crippen molar-refractivity contribution in [2.45, 2.75) is 30.5 Å². The Labute approximate surface area is 156 Å². The molecule has 1 unspecified atom stereocenters. The van der Waals surface area contributed by atoms with Gasteiger partial charge in [-0.2, -0.15) is 4.31 Å². The Kier molecular flexibility index (Phi) is 4.78. The molecule has 1 atom stereocenters. The Hall–Kier alpha value is -2.00. The first kappa shape index (κ1) is 18.8. The molecular weight excluding hydrogens is 380 g/mol. The van der Waals surface area contributed by atoms with Crippen molar-refractivity contribution in [1.82, 2.24) is 4.31 Å². The van der Waals surface area contributed by atoms with E-state index in [1.807, 2.05) is 0 Å². The van der Waals surface area contributed by atoms with Gasteiger partial charge >= 0.3 is 0 Å². The molecule has 1 saturated heterocycles. The summed E-state index contributed by atoms with van der Waals surface area (Å²) >= 11 is 5.92. The fourth-order valence-electron chi connectivity index (χ4n) is 3.02. The molecule has 1 heterocycles. The van der Waals surface area contributed by atoms with Crippen LogP contribution in [0.4, 0.5) is 5.69 Å². The summed E-state index contributed by atoms with van der Waals surface area (Å²) < 4.78 is 33.5. The molecule has 1 aliphatic heterocycles. The molecule has 0 bridgehead atoms. The van der Waals surface area contributed by atoms with Gasteiger partial charge in [-0.3, -0.25) is 10.1 Å². The maximum Gasteiger partial charge on any atom is 0.269 e. The number of hydrogen-bond acceptors (Lipinski definition) is 5. The van der Waals surface area contributed by atoms with Gasteiger partial charge in [0.2, 0.25) is 10.0 Å². The van der Waals surface area contributed by atoms with E-state index in [2.05, 4.69) is 0 Å². The molecular formula is C17H17ClN2O5S. The number of hydrogen-bond donors (Lipinski definition) is 0. The molecule has 9 heteroatoms. The van der Waals surface area contributed by atoms with E-state index >= 15 is 0 Å². The summed E-state index contributed by atoms with van der Waals surface area (Å²) in [5.41, 5.74) is -0.481. The van der Waals surface area contributed by atoms with Gasteiger partial charge in [-0.15, -0.1) is 0 Å². The lowest BCUT2D eigenvalue weighted by Gasteiger charge is -2.32. The summed E-state index contributed by atoms with van der Waals surface area (Å²) in [6, 6.07) is 11.2. The van der Waals surface area contributed by atoms with Crippen molar-refractivity contribution in [1.29, 1.82) is 0 Å². The third kappa shape index (κ3) is 3.33. The van der Waals surface area contributed by atoms with Crippen LogP contribution in [0.5, 0.6) is 0 Å². The molecule has 0 amide bonds. The van der Waals surface area contributed by atoms with Gasteiger partial charge in [0, 0.05) is 17.2 Å². The van der Waals surface area contributed by atoms with Gasteiger partial charge in [0.05, 0.1) is 22.5 Å². The van der Waals surface area contributed by atoms with Crippen molar-refractivity contribution in [2.75, 3.05) is 6.61 Å². The zero-order chi connectivity index (χ0) is 19.1. The predicted molar refractivity (Wildman–Crippen MR) is 96.3 cm³/mol. The Morgan fingerprint density at radius 2 is 1.73 bits per heavy atom. The van der Waals surface area contributed by atoms with Crippen LogP contribution in [0.15, 0.2) is 53.4 Å². The van der Waals surface area contributed by atoms with Gasteiger partial charge < -0.3 is 4.74 Å². The molecule has 0 N–H and O–H groups in total. The number of ether oxygens (including phenoxy) is 1. The van der Waals surface area contributed by atoms with Gasteiger partial charge in [-0.25, -0.2) is 8.42 Å². The number of nitrogens with zero attached hydrogens (tertiary/aromatic N) is 2. The van der Waals surface area contributed by atoms with Gasteiger partial charge in [-0.1, -0.05) is 23.7 Å². The van der Waals surface area contributed by atoms with Gasteiger partial charge in [0.15, 0.2) is 0 Å². The van der Waals surface area contributed by atoms with Gasteiger partial charge in [0.25, 0.3) is 5.69 Å². The van der Waals surface area contributed by atoms with E-state index in [0.29, 0.717) is 5.02 Å². The Morgan fingerprint density at radius 1 is 1.15 bits per heavy atom. The standard InChI is InChI=1S/C17H17ClN2O5S/c1-17(2)19(16(11-25-17)12-3-5-13(18)6-4-12)26(23,24)15-9-7-14(8-10-15)20(21)22/h3-10,16H,11H2,1-2H3. The molecule has 1 fully saturated rings. The highest BCUT2D eigenvalue weighted by atomic mass is 35.5. The van der Waals surface area contributed by atoms with Crippen molar-refractivity contribution >= 4 is 27.3 Å². The van der Waals surface area contributed by atoms with Crippen LogP contribution >= 0.6 is 11.6 Å². The topological polar surface area (TPSA) is 89.8 Å². The van der Waals surface area contributed by atoms with Crippen molar-refractivity contribution in [3.05, 3.63) is 69.2 Å². The maximum atomic E-state index is 13.2. The van der Waals surface area contributed by atoms with Gasteiger partial charge in [-0.05, 0) is 43.7 Å². The average Bonchev–Trinajstić information content (AvgIpc) is 2.91. The summed E-state index contributed by atoms with van der Waals surface area (Å²) in [6.07, 6.45) is 0. The zero-order valence-electron chi connectivity index (χ0n) is 14.1. The molecule has 0 aromatic heterocycles. The minimum Gasteiger partial charge on any atom is -0.358 e. The van der Waals surface area contributed by atoms with Crippen molar-refractivity contribution in [3.63, 3.8) is 0 Å². The normalized spacial score (nSPS) is 20.2. The number of non-ortho nitro benzene ring substituents is 1. The highest BCUT2D eigenvalue weighted by Gasteiger charge is 2.49. The van der Waals surface area contributed by atoms with Crippen molar-refractivity contribution < 1.29 is 18.1 Å². The van der Waals surface area contributed by atoms with Crippen LogP contribution in [0, 0.1) is 10.1 Å². The molecule has 0 saturated carbocycles. The second-order valence-electron chi connectivity index (χ2n) is 6.38. The SMILES string of the molecule is CC1(C)OCC(c2ccc(Cl)cc2)N1S(=O)(=O)c1ccc([N+](=O)[O-])cc1. The number of halogens is 1. The van der Waals surface area contributed by atoms with E-state index < -0.39 is 26.7 Å². The van der Waals surface area contributed by atoms with Crippen LogP contribution in [0.1, 0.15) is 25.5 Å². The molecule has 2 aromatic carbocycles. The monoisotopic (exact) mass is 396 g/mol. The van der Waals surface area contributed by atoms with Crippen LogP contribution < -0.4 is 0 Å². The molecule has 26 heavy (non-hydrogen) atoms. The minimum absolute atomic E-state index is 0.0272. The first-order chi connectivity index (χ1) is 12.1. The number of sulfonamides is 1. The lowest BCUT2D eigenvalue weighted by Crippen LogP contribution is -2.44. The molecule has 1 aliphatic rings. The van der Waals surface area contributed by atoms with Crippen LogP contribution in [-0.4, -0.2) is 30.0 Å². The lowest BCUT2D eigenvalue weighted by atomic mass is 10.1. The molecule has 0 radical (unpaired) electrons. The van der Waals surface area contributed by atoms with E-state index in [0.717, 1.165) is 5.56 Å². The Morgan fingerprint density at radius 3 is 2.27 bits per heavy atom. The second-order valence-corrected chi connectivity index (χ2v) is 8.63. The number of rotatable bonds is 4. The second kappa shape index (κ2) is 6.62. The van der Waals surface area contributed by atoms with E-state index in [-0.39, 0.29) is 17.2 Å². The van der Waals surface area contributed by atoms with Gasteiger partial charge in [0.1, 0.15) is 5.72 Å². The number of benzene rings is 2. The van der Waals surface area contributed by atoms with E-state index in [1.165, 1.54) is 28.6 Å². The first-order valence-electron chi connectivity index (χ1n) is 7.81. The molecule has 2 aromatic rings. The fraction of sp³-hybridized carbons (Fsp3) is 0.294. The summed E-state index contributed by atoms with van der Waals surface area (Å²) in [4.78, 5) is 10.2. The maximum absolute atomic E-state index is 13.2. The summed E-state index contributed by atoms with van der Waals surface area (Å²) in [6.45, 7) is 3.54. The highest BCUT2D eigenvalue weighted by molar-refractivity contribution is 7.89. The molecule has 3 rings (SSSR count). The van der Waals surface area contributed by atoms with E-state index in [4.69, 9.17) is 16.3 Å². The zero-order valence-corrected chi connectivity index (χ0v) is 15.7. The lowest BCUT2D eigenvalue weighted by molar-refractivity contribution is -0.384. The summed E-state index contributed by atoms with van der Waals surface area (Å²) in [5, 5.41) is 11.4. The fourth-order valence-corrected chi connectivity index (χ4v) is 5.00. The van der Waals surface area contributed by atoms with Crippen LogP contribution in [0.2, 0.25) is 5.02 Å². The third-order valence-corrected chi connectivity index (χ3v) is 6.60. The largest absolute Gasteiger partial charge is 0.358 e. The van der Waals surface area contributed by atoms with Crippen LogP contribution in [-0.2, 0) is 14.8 Å². The number of nitro groups is 1. The Bertz CT molecular complexity index is 927. The average molecular weight is 397 g/mol.